The van der Waals surface area contributed by atoms with E-state index in [-0.39, 0.29) is 5.88 Å². The van der Waals surface area contributed by atoms with Crippen molar-refractivity contribution in [3.63, 3.8) is 0 Å². The molecular formula is C11H8N4O2. The van der Waals surface area contributed by atoms with E-state index in [1.54, 1.807) is 18.3 Å². The van der Waals surface area contributed by atoms with Crippen LogP contribution in [0.2, 0.25) is 0 Å². The van der Waals surface area contributed by atoms with Gasteiger partial charge in [-0.1, -0.05) is 0 Å². The van der Waals surface area contributed by atoms with E-state index in [9.17, 15) is 5.11 Å². The quantitative estimate of drug-likeness (QED) is 0.632. The summed E-state index contributed by atoms with van der Waals surface area (Å²) in [6, 6.07) is 3.48. The molecule has 0 aliphatic carbocycles. The van der Waals surface area contributed by atoms with Gasteiger partial charge in [-0.05, 0) is 6.07 Å². The van der Waals surface area contributed by atoms with Gasteiger partial charge in [-0.2, -0.15) is 4.98 Å². The van der Waals surface area contributed by atoms with Crippen molar-refractivity contribution < 1.29 is 9.84 Å². The van der Waals surface area contributed by atoms with Crippen LogP contribution in [0.5, 0.6) is 11.8 Å². The number of hydrogen-bond donors (Lipinski definition) is 1. The molecule has 17 heavy (non-hydrogen) atoms. The Morgan fingerprint density at radius 3 is 2.88 bits per heavy atom. The number of methoxy groups -OCH3 is 1. The van der Waals surface area contributed by atoms with Crippen molar-refractivity contribution in [2.24, 2.45) is 0 Å². The molecule has 3 rings (SSSR count). The maximum atomic E-state index is 9.76. The standard InChI is InChI=1S/C11H8N4O2/c1-17-8-3-2-6-9-7(4-12-10(6)15-8)13-5-14-11(9)16/h2-5H,1H3,(H,13,14,16). The predicted molar refractivity (Wildman–Crippen MR) is 60.9 cm³/mol. The van der Waals surface area contributed by atoms with E-state index in [2.05, 4.69) is 19.9 Å². The van der Waals surface area contributed by atoms with Gasteiger partial charge in [0, 0.05) is 11.5 Å². The fraction of sp³-hybridized carbons (Fsp3) is 0.0909. The summed E-state index contributed by atoms with van der Waals surface area (Å²) in [5.74, 6) is 0.398. The molecule has 0 fully saturated rings. The van der Waals surface area contributed by atoms with Gasteiger partial charge < -0.3 is 9.84 Å². The van der Waals surface area contributed by atoms with E-state index in [0.29, 0.717) is 27.8 Å². The van der Waals surface area contributed by atoms with Gasteiger partial charge in [0.1, 0.15) is 6.33 Å². The second-order valence-electron chi connectivity index (χ2n) is 3.44. The van der Waals surface area contributed by atoms with Crippen molar-refractivity contribution in [1.82, 2.24) is 19.9 Å². The first-order chi connectivity index (χ1) is 8.29. The van der Waals surface area contributed by atoms with Crippen LogP contribution in [0, 0.1) is 0 Å². The smallest absolute Gasteiger partial charge is 0.222 e. The van der Waals surface area contributed by atoms with Crippen LogP contribution in [-0.4, -0.2) is 32.2 Å². The average Bonchev–Trinajstić information content (AvgIpc) is 2.38. The molecule has 6 heteroatoms. The van der Waals surface area contributed by atoms with Crippen molar-refractivity contribution >= 4 is 21.9 Å². The summed E-state index contributed by atoms with van der Waals surface area (Å²) in [5, 5.41) is 11.0. The zero-order valence-electron chi connectivity index (χ0n) is 8.95. The molecule has 0 unspecified atom stereocenters. The molecule has 1 N–H and O–H groups in total. The second-order valence-corrected chi connectivity index (χ2v) is 3.44. The third-order valence-corrected chi connectivity index (χ3v) is 2.49. The Hall–Kier alpha value is -2.50. The summed E-state index contributed by atoms with van der Waals surface area (Å²) in [6.07, 6.45) is 2.84. The third-order valence-electron chi connectivity index (χ3n) is 2.49. The molecule has 0 aromatic carbocycles. The number of nitrogens with zero attached hydrogens (tertiary/aromatic N) is 4. The Kier molecular flexibility index (Phi) is 2.01. The summed E-state index contributed by atoms with van der Waals surface area (Å²) in [7, 11) is 1.54. The topological polar surface area (TPSA) is 81.0 Å². The van der Waals surface area contributed by atoms with Crippen LogP contribution in [0.15, 0.2) is 24.7 Å². The highest BCUT2D eigenvalue weighted by Gasteiger charge is 2.09. The maximum absolute atomic E-state index is 9.76. The summed E-state index contributed by atoms with van der Waals surface area (Å²) >= 11 is 0. The molecule has 84 valence electrons. The Morgan fingerprint density at radius 2 is 2.06 bits per heavy atom. The second kappa shape index (κ2) is 3.51. The van der Waals surface area contributed by atoms with Gasteiger partial charge in [0.15, 0.2) is 5.65 Å². The molecule has 0 saturated carbocycles. The van der Waals surface area contributed by atoms with Crippen molar-refractivity contribution in [1.29, 1.82) is 0 Å². The predicted octanol–water partition coefficient (Wildman–Crippen LogP) is 1.29. The van der Waals surface area contributed by atoms with Gasteiger partial charge in [-0.3, -0.25) is 0 Å². The van der Waals surface area contributed by atoms with Gasteiger partial charge in [0.25, 0.3) is 0 Å². The molecule has 0 saturated heterocycles. The van der Waals surface area contributed by atoms with Crippen molar-refractivity contribution in [3.8, 4) is 11.8 Å². The summed E-state index contributed by atoms with van der Waals surface area (Å²) in [6.45, 7) is 0. The van der Waals surface area contributed by atoms with Crippen molar-refractivity contribution in [2.45, 2.75) is 0 Å². The van der Waals surface area contributed by atoms with E-state index in [1.165, 1.54) is 13.4 Å². The lowest BCUT2D eigenvalue weighted by molar-refractivity contribution is 0.399. The van der Waals surface area contributed by atoms with E-state index in [4.69, 9.17) is 4.74 Å². The minimum absolute atomic E-state index is 0.0747. The third kappa shape index (κ3) is 1.42. The van der Waals surface area contributed by atoms with E-state index in [1.807, 2.05) is 0 Å². The fourth-order valence-electron chi connectivity index (χ4n) is 1.71. The van der Waals surface area contributed by atoms with E-state index < -0.39 is 0 Å². The number of pyridine rings is 2. The first kappa shape index (κ1) is 9.71. The van der Waals surface area contributed by atoms with Crippen LogP contribution in [0.4, 0.5) is 0 Å². The highest BCUT2D eigenvalue weighted by Crippen LogP contribution is 2.27. The van der Waals surface area contributed by atoms with Crippen LogP contribution < -0.4 is 4.74 Å². The van der Waals surface area contributed by atoms with Crippen LogP contribution in [0.3, 0.4) is 0 Å². The van der Waals surface area contributed by atoms with Gasteiger partial charge >= 0.3 is 0 Å². The highest BCUT2D eigenvalue weighted by molar-refractivity contribution is 6.05. The van der Waals surface area contributed by atoms with E-state index >= 15 is 0 Å². The molecule has 0 radical (unpaired) electrons. The van der Waals surface area contributed by atoms with Crippen LogP contribution in [-0.2, 0) is 0 Å². The Bertz CT molecular complexity index is 714. The SMILES string of the molecule is COc1ccc2c(ncc3ncnc(O)c32)n1. The van der Waals surface area contributed by atoms with Crippen molar-refractivity contribution in [2.75, 3.05) is 7.11 Å². The number of rotatable bonds is 1. The molecule has 3 aromatic rings. The number of hydrogen-bond acceptors (Lipinski definition) is 6. The van der Waals surface area contributed by atoms with Gasteiger partial charge in [0.2, 0.25) is 11.8 Å². The van der Waals surface area contributed by atoms with Gasteiger partial charge in [0.05, 0.1) is 24.2 Å². The molecule has 0 atom stereocenters. The zero-order valence-corrected chi connectivity index (χ0v) is 8.95. The minimum Gasteiger partial charge on any atom is -0.493 e. The number of aromatic hydroxyl groups is 1. The van der Waals surface area contributed by atoms with Gasteiger partial charge in [-0.25, -0.2) is 15.0 Å². The molecule has 0 bridgehead atoms. The molecule has 0 aliphatic heterocycles. The zero-order chi connectivity index (χ0) is 11.8. The summed E-state index contributed by atoms with van der Waals surface area (Å²) in [5.41, 5.74) is 1.07. The molecule has 3 heterocycles. The number of fused-ring (bicyclic) bond motifs is 3. The van der Waals surface area contributed by atoms with Crippen LogP contribution in [0.25, 0.3) is 21.9 Å². The summed E-state index contributed by atoms with van der Waals surface area (Å²) in [4.78, 5) is 16.2. The molecule has 0 amide bonds. The largest absolute Gasteiger partial charge is 0.493 e. The van der Waals surface area contributed by atoms with Crippen LogP contribution >= 0.6 is 0 Å². The Labute approximate surface area is 95.9 Å². The molecule has 6 nitrogen and oxygen atoms in total. The highest BCUT2D eigenvalue weighted by atomic mass is 16.5. The first-order valence-corrected chi connectivity index (χ1v) is 4.93. The fourth-order valence-corrected chi connectivity index (χ4v) is 1.71. The minimum atomic E-state index is -0.0747. The van der Waals surface area contributed by atoms with Crippen molar-refractivity contribution in [3.05, 3.63) is 24.7 Å². The monoisotopic (exact) mass is 228 g/mol. The number of ether oxygens (including phenoxy) is 1. The molecule has 0 spiro atoms. The lowest BCUT2D eigenvalue weighted by atomic mass is 10.2. The van der Waals surface area contributed by atoms with E-state index in [0.717, 1.165) is 0 Å². The summed E-state index contributed by atoms with van der Waals surface area (Å²) < 4.78 is 5.02. The first-order valence-electron chi connectivity index (χ1n) is 4.93. The molecular weight excluding hydrogens is 220 g/mol. The molecule has 0 aliphatic rings. The molecule has 3 aromatic heterocycles. The Balaban J connectivity index is 2.47. The lowest BCUT2D eigenvalue weighted by Crippen LogP contribution is -1.92. The van der Waals surface area contributed by atoms with Crippen LogP contribution in [0.1, 0.15) is 0 Å². The average molecular weight is 228 g/mol. The Morgan fingerprint density at radius 1 is 1.18 bits per heavy atom. The maximum Gasteiger partial charge on any atom is 0.222 e. The number of aromatic nitrogens is 4. The normalized spacial score (nSPS) is 10.9. The lowest BCUT2D eigenvalue weighted by Gasteiger charge is -2.04. The van der Waals surface area contributed by atoms with Gasteiger partial charge in [-0.15, -0.1) is 0 Å².